The number of aliphatic hydroxyl groups is 1. The maximum atomic E-state index is 13.2. The van der Waals surface area contributed by atoms with E-state index in [1.54, 1.807) is 0 Å². The highest BCUT2D eigenvalue weighted by Crippen LogP contribution is 2.47. The summed E-state index contributed by atoms with van der Waals surface area (Å²) in [5, 5.41) is 11.3. The number of carbonyl (C=O) groups excluding carboxylic acids is 2. The molecule has 0 bridgehead atoms. The molecule has 0 aliphatic carbocycles. The van der Waals surface area contributed by atoms with Gasteiger partial charge in [-0.2, -0.15) is 17.6 Å². The highest BCUT2D eigenvalue weighted by molar-refractivity contribution is 6.17. The number of hydrogen-bond acceptors (Lipinski definition) is 6. The molecule has 2 heterocycles. The maximum absolute atomic E-state index is 13.2. The third-order valence-corrected chi connectivity index (χ3v) is 3.37. The van der Waals surface area contributed by atoms with Gasteiger partial charge in [0.25, 0.3) is 11.8 Å². The molecule has 0 saturated heterocycles. The van der Waals surface area contributed by atoms with Gasteiger partial charge in [0.15, 0.2) is 11.5 Å². The number of fused-ring (bicyclic) bond motifs is 1. The average Bonchev–Trinajstić information content (AvgIpc) is 2.76. The molecule has 11 heteroatoms. The first-order valence-electron chi connectivity index (χ1n) is 6.88. The van der Waals surface area contributed by atoms with Crippen molar-refractivity contribution in [2.75, 3.05) is 18.5 Å². The molecule has 2 aliphatic heterocycles. The van der Waals surface area contributed by atoms with Crippen LogP contribution in [0.1, 0.15) is 0 Å². The number of ether oxygens (including phenoxy) is 2. The Morgan fingerprint density at radius 1 is 1.08 bits per heavy atom. The van der Waals surface area contributed by atoms with Crippen molar-refractivity contribution in [1.29, 1.82) is 0 Å². The molecule has 7 nitrogen and oxygen atoms in total. The Bertz CT molecular complexity index is 780. The number of amides is 2. The molecule has 25 heavy (non-hydrogen) atoms. The first kappa shape index (κ1) is 17.0. The fraction of sp³-hybridized carbons (Fsp3) is 0.286. The molecule has 1 aromatic rings. The summed E-state index contributed by atoms with van der Waals surface area (Å²) in [7, 11) is 0. The molecular weight excluding hydrogens is 352 g/mol. The zero-order valence-corrected chi connectivity index (χ0v) is 12.3. The van der Waals surface area contributed by atoms with Gasteiger partial charge in [0.05, 0.1) is 13.2 Å². The Kier molecular flexibility index (Phi) is 3.82. The Hall–Kier alpha value is -2.82. The van der Waals surface area contributed by atoms with Gasteiger partial charge in [-0.1, -0.05) is 0 Å². The van der Waals surface area contributed by atoms with E-state index in [1.807, 2.05) is 0 Å². The number of hydrogen-bond donors (Lipinski definition) is 2. The van der Waals surface area contributed by atoms with Crippen LogP contribution < -0.4 is 14.8 Å². The van der Waals surface area contributed by atoms with E-state index in [2.05, 4.69) is 14.8 Å². The fourth-order valence-electron chi connectivity index (χ4n) is 2.21. The number of imide groups is 1. The molecule has 1 aromatic carbocycles. The van der Waals surface area contributed by atoms with Crippen LogP contribution in [0.4, 0.5) is 23.2 Å². The van der Waals surface area contributed by atoms with Gasteiger partial charge < -0.3 is 19.9 Å². The van der Waals surface area contributed by atoms with E-state index in [1.165, 1.54) is 6.07 Å². The summed E-state index contributed by atoms with van der Waals surface area (Å²) in [5.74, 6) is -2.66. The van der Waals surface area contributed by atoms with Crippen molar-refractivity contribution in [3.05, 3.63) is 30.0 Å². The van der Waals surface area contributed by atoms with E-state index in [4.69, 9.17) is 5.11 Å². The SMILES string of the molecule is O=C1C=C(Nc2ccc3c(c2)OC(F)(F)C(F)(F)O3)C(=O)N1CCO. The minimum absolute atomic E-state index is 0.0293. The number of nitrogens with one attached hydrogen (secondary N) is 1. The highest BCUT2D eigenvalue weighted by Gasteiger charge is 2.65. The largest absolute Gasteiger partial charge is 0.507 e. The summed E-state index contributed by atoms with van der Waals surface area (Å²) in [4.78, 5) is 24.4. The lowest BCUT2D eigenvalue weighted by molar-refractivity contribution is -0.391. The summed E-state index contributed by atoms with van der Waals surface area (Å²) < 4.78 is 60.4. The summed E-state index contributed by atoms with van der Waals surface area (Å²) >= 11 is 0. The zero-order chi connectivity index (χ0) is 18.4. The van der Waals surface area contributed by atoms with Gasteiger partial charge in [-0.25, -0.2) is 0 Å². The number of anilines is 1. The van der Waals surface area contributed by atoms with Crippen LogP contribution in [0, 0.1) is 0 Å². The molecule has 3 rings (SSSR count). The molecular formula is C14H10F4N2O5. The first-order chi connectivity index (χ1) is 11.6. The Balaban J connectivity index is 1.82. The lowest BCUT2D eigenvalue weighted by Crippen LogP contribution is -2.52. The average molecular weight is 362 g/mol. The number of halogens is 4. The van der Waals surface area contributed by atoms with Crippen molar-refractivity contribution in [2.45, 2.75) is 12.2 Å². The molecule has 2 amide bonds. The van der Waals surface area contributed by atoms with Crippen LogP contribution >= 0.6 is 0 Å². The highest BCUT2D eigenvalue weighted by atomic mass is 19.3. The number of aliphatic hydroxyl groups excluding tert-OH is 1. The number of β-amino-alcohol motifs (C(OH)–C–C–N with tert-alkyl or cyclic N) is 1. The number of carbonyl (C=O) groups is 2. The van der Waals surface area contributed by atoms with Crippen molar-refractivity contribution < 1.29 is 41.7 Å². The van der Waals surface area contributed by atoms with Gasteiger partial charge in [-0.05, 0) is 12.1 Å². The van der Waals surface area contributed by atoms with E-state index < -0.39 is 42.1 Å². The molecule has 0 fully saturated rings. The smallest absolute Gasteiger partial charge is 0.421 e. The molecule has 2 N–H and O–H groups in total. The number of rotatable bonds is 4. The second-order valence-electron chi connectivity index (χ2n) is 5.10. The third kappa shape index (κ3) is 2.86. The fourth-order valence-corrected chi connectivity index (χ4v) is 2.21. The summed E-state index contributed by atoms with van der Waals surface area (Å²) in [6.45, 7) is -0.631. The summed E-state index contributed by atoms with van der Waals surface area (Å²) in [5.41, 5.74) is -0.145. The Morgan fingerprint density at radius 2 is 1.72 bits per heavy atom. The van der Waals surface area contributed by atoms with Crippen molar-refractivity contribution in [3.63, 3.8) is 0 Å². The Labute approximate surface area is 137 Å². The first-order valence-corrected chi connectivity index (χ1v) is 6.88. The van der Waals surface area contributed by atoms with E-state index in [0.717, 1.165) is 23.1 Å². The lowest BCUT2D eigenvalue weighted by Gasteiger charge is -2.32. The molecule has 0 spiro atoms. The minimum Gasteiger partial charge on any atom is -0.421 e. The van der Waals surface area contributed by atoms with Crippen molar-refractivity contribution in [1.82, 2.24) is 4.90 Å². The predicted octanol–water partition coefficient (Wildman–Crippen LogP) is 1.30. The second-order valence-corrected chi connectivity index (χ2v) is 5.10. The molecule has 0 atom stereocenters. The van der Waals surface area contributed by atoms with Crippen molar-refractivity contribution in [3.8, 4) is 11.5 Å². The minimum atomic E-state index is -4.87. The van der Waals surface area contributed by atoms with Crippen LogP contribution in [0.15, 0.2) is 30.0 Å². The van der Waals surface area contributed by atoms with Gasteiger partial charge in [-0.15, -0.1) is 0 Å². The number of benzene rings is 1. The van der Waals surface area contributed by atoms with Crippen LogP contribution in [0.5, 0.6) is 11.5 Å². The molecule has 0 radical (unpaired) electrons. The Morgan fingerprint density at radius 3 is 2.36 bits per heavy atom. The second kappa shape index (κ2) is 5.62. The molecule has 0 aromatic heterocycles. The zero-order valence-electron chi connectivity index (χ0n) is 12.3. The quantitative estimate of drug-likeness (QED) is 0.620. The predicted molar refractivity (Wildman–Crippen MR) is 73.1 cm³/mol. The van der Waals surface area contributed by atoms with Gasteiger partial charge in [0.1, 0.15) is 5.70 Å². The summed E-state index contributed by atoms with van der Waals surface area (Å²) in [6, 6.07) is 3.05. The van der Waals surface area contributed by atoms with Crippen LogP contribution in [0.3, 0.4) is 0 Å². The van der Waals surface area contributed by atoms with Gasteiger partial charge in [0.2, 0.25) is 0 Å². The number of nitrogens with zero attached hydrogens (tertiary/aromatic N) is 1. The molecule has 0 unspecified atom stereocenters. The van der Waals surface area contributed by atoms with Gasteiger partial charge in [0, 0.05) is 17.8 Å². The topological polar surface area (TPSA) is 88.1 Å². The lowest BCUT2D eigenvalue weighted by atomic mass is 10.2. The molecule has 2 aliphatic rings. The van der Waals surface area contributed by atoms with E-state index in [-0.39, 0.29) is 17.9 Å². The van der Waals surface area contributed by atoms with Crippen molar-refractivity contribution in [2.24, 2.45) is 0 Å². The number of alkyl halides is 4. The van der Waals surface area contributed by atoms with Crippen LogP contribution in [-0.2, 0) is 9.59 Å². The summed E-state index contributed by atoms with van der Waals surface area (Å²) in [6.07, 6.45) is -8.73. The molecule has 134 valence electrons. The maximum Gasteiger partial charge on any atom is 0.507 e. The van der Waals surface area contributed by atoms with Crippen LogP contribution in [0.25, 0.3) is 0 Å². The normalized spacial score (nSPS) is 20.5. The standard InChI is InChI=1S/C14H10F4N2O5/c15-13(16)14(17,18)25-10-5-7(1-2-9(10)24-13)19-8-6-11(22)20(3-4-21)12(8)23/h1-2,5-6,19,21H,3-4H2. The van der Waals surface area contributed by atoms with Gasteiger partial charge >= 0.3 is 12.2 Å². The van der Waals surface area contributed by atoms with Crippen molar-refractivity contribution >= 4 is 17.5 Å². The van der Waals surface area contributed by atoms with Gasteiger partial charge in [-0.3, -0.25) is 14.5 Å². The third-order valence-electron chi connectivity index (χ3n) is 3.37. The van der Waals surface area contributed by atoms with Crippen LogP contribution in [-0.4, -0.2) is 47.2 Å². The van der Waals surface area contributed by atoms with E-state index in [0.29, 0.717) is 0 Å². The van der Waals surface area contributed by atoms with E-state index >= 15 is 0 Å². The van der Waals surface area contributed by atoms with E-state index in [9.17, 15) is 27.2 Å². The molecule has 0 saturated carbocycles. The monoisotopic (exact) mass is 362 g/mol. The van der Waals surface area contributed by atoms with Crippen LogP contribution in [0.2, 0.25) is 0 Å².